The predicted octanol–water partition coefficient (Wildman–Crippen LogP) is 3.41. The number of hydrogen-bond donors (Lipinski definition) is 2. The monoisotopic (exact) mass is 271 g/mol. The van der Waals surface area contributed by atoms with Crippen LogP contribution in [0.2, 0.25) is 0 Å². The zero-order valence-electron chi connectivity index (χ0n) is 11.8. The Balaban J connectivity index is 2.69. The summed E-state index contributed by atoms with van der Waals surface area (Å²) in [5, 5.41) is 12.8. The van der Waals surface area contributed by atoms with Crippen molar-refractivity contribution in [3.8, 4) is 0 Å². The van der Waals surface area contributed by atoms with Gasteiger partial charge < -0.3 is 10.4 Å². The zero-order chi connectivity index (χ0) is 14.5. The van der Waals surface area contributed by atoms with Gasteiger partial charge in [0.15, 0.2) is 11.6 Å². The summed E-state index contributed by atoms with van der Waals surface area (Å²) >= 11 is 0. The van der Waals surface area contributed by atoms with Gasteiger partial charge in [-0.15, -0.1) is 0 Å². The summed E-state index contributed by atoms with van der Waals surface area (Å²) in [5.74, 6) is -1.66. The van der Waals surface area contributed by atoms with Crippen molar-refractivity contribution < 1.29 is 13.9 Å². The van der Waals surface area contributed by atoms with E-state index in [1.54, 1.807) is 6.07 Å². The van der Waals surface area contributed by atoms with Gasteiger partial charge in [-0.3, -0.25) is 0 Å². The molecule has 0 aromatic heterocycles. The van der Waals surface area contributed by atoms with Crippen molar-refractivity contribution >= 4 is 0 Å². The van der Waals surface area contributed by atoms with E-state index in [9.17, 15) is 13.9 Å². The summed E-state index contributed by atoms with van der Waals surface area (Å²) in [6.45, 7) is 6.77. The van der Waals surface area contributed by atoms with Gasteiger partial charge in [-0.1, -0.05) is 19.9 Å². The van der Waals surface area contributed by atoms with E-state index in [2.05, 4.69) is 5.32 Å². The van der Waals surface area contributed by atoms with Crippen LogP contribution in [0.25, 0.3) is 0 Å². The third kappa shape index (κ3) is 3.98. The van der Waals surface area contributed by atoms with Crippen molar-refractivity contribution in [2.24, 2.45) is 5.41 Å². The smallest absolute Gasteiger partial charge is 0.159 e. The van der Waals surface area contributed by atoms with Crippen molar-refractivity contribution in [3.63, 3.8) is 0 Å². The molecule has 1 atom stereocenters. The first kappa shape index (κ1) is 16.1. The molecule has 2 N–H and O–H groups in total. The quantitative estimate of drug-likeness (QED) is 0.796. The number of nitrogens with one attached hydrogen (secondary N) is 1. The molecule has 0 aliphatic carbocycles. The highest BCUT2D eigenvalue weighted by Crippen LogP contribution is 2.26. The average Bonchev–Trinajstić information content (AvgIpc) is 2.43. The summed E-state index contributed by atoms with van der Waals surface area (Å²) in [6.07, 6.45) is 1.75. The van der Waals surface area contributed by atoms with E-state index in [4.69, 9.17) is 0 Å². The van der Waals surface area contributed by atoms with Crippen LogP contribution in [0.5, 0.6) is 0 Å². The van der Waals surface area contributed by atoms with Gasteiger partial charge in [0.05, 0.1) is 0 Å². The van der Waals surface area contributed by atoms with Crippen molar-refractivity contribution in [3.05, 3.63) is 35.4 Å². The first-order chi connectivity index (χ1) is 8.98. The summed E-state index contributed by atoms with van der Waals surface area (Å²) < 4.78 is 26.0. The molecule has 0 fully saturated rings. The molecule has 1 unspecified atom stereocenters. The lowest BCUT2D eigenvalue weighted by Gasteiger charge is -2.31. The van der Waals surface area contributed by atoms with Crippen molar-refractivity contribution in [1.29, 1.82) is 0 Å². The molecule has 1 aromatic carbocycles. The normalized spacial score (nSPS) is 13.6. The van der Waals surface area contributed by atoms with Crippen LogP contribution in [-0.2, 0) is 0 Å². The van der Waals surface area contributed by atoms with Crippen molar-refractivity contribution in [1.82, 2.24) is 5.32 Å². The van der Waals surface area contributed by atoms with Gasteiger partial charge in [0.2, 0.25) is 0 Å². The lowest BCUT2D eigenvalue weighted by atomic mass is 9.83. The Hall–Kier alpha value is -1.00. The Morgan fingerprint density at radius 3 is 2.32 bits per heavy atom. The van der Waals surface area contributed by atoms with Crippen LogP contribution in [0.1, 0.15) is 45.2 Å². The number of benzene rings is 1. The fourth-order valence-corrected chi connectivity index (χ4v) is 2.05. The number of rotatable bonds is 7. The van der Waals surface area contributed by atoms with E-state index in [-0.39, 0.29) is 18.1 Å². The molecule has 0 aliphatic heterocycles. The molecular formula is C15H23F2NO. The second-order valence-electron chi connectivity index (χ2n) is 5.14. The van der Waals surface area contributed by atoms with E-state index in [1.807, 2.05) is 20.8 Å². The summed E-state index contributed by atoms with van der Waals surface area (Å²) in [5.41, 5.74) is 0.560. The standard InChI is InChI=1S/C15H23F2NO/c1-4-15(5-2,10-19)9-18-11(3)12-6-7-13(16)14(17)8-12/h6-8,11,18-19H,4-5,9-10H2,1-3H3. The third-order valence-corrected chi connectivity index (χ3v) is 4.06. The fourth-order valence-electron chi connectivity index (χ4n) is 2.05. The molecule has 0 spiro atoms. The molecule has 0 radical (unpaired) electrons. The molecule has 108 valence electrons. The zero-order valence-corrected chi connectivity index (χ0v) is 11.8. The molecule has 0 amide bonds. The van der Waals surface area contributed by atoms with E-state index in [1.165, 1.54) is 6.07 Å². The first-order valence-corrected chi connectivity index (χ1v) is 6.77. The molecule has 0 saturated heterocycles. The number of hydrogen-bond acceptors (Lipinski definition) is 2. The Morgan fingerprint density at radius 1 is 1.21 bits per heavy atom. The maximum Gasteiger partial charge on any atom is 0.159 e. The van der Waals surface area contributed by atoms with Crippen LogP contribution in [0.15, 0.2) is 18.2 Å². The van der Waals surface area contributed by atoms with Crippen LogP contribution in [-0.4, -0.2) is 18.3 Å². The number of aliphatic hydroxyl groups is 1. The van der Waals surface area contributed by atoms with Crippen LogP contribution in [0, 0.1) is 17.0 Å². The maximum absolute atomic E-state index is 13.2. The number of halogens is 2. The van der Waals surface area contributed by atoms with Crippen molar-refractivity contribution in [2.45, 2.75) is 39.7 Å². The molecule has 0 heterocycles. The summed E-state index contributed by atoms with van der Waals surface area (Å²) in [7, 11) is 0. The van der Waals surface area contributed by atoms with Crippen LogP contribution in [0.3, 0.4) is 0 Å². The second kappa shape index (κ2) is 6.96. The van der Waals surface area contributed by atoms with Gasteiger partial charge in [-0.25, -0.2) is 8.78 Å². The van der Waals surface area contributed by atoms with E-state index in [0.29, 0.717) is 12.1 Å². The lowest BCUT2D eigenvalue weighted by Crippen LogP contribution is -2.37. The first-order valence-electron chi connectivity index (χ1n) is 6.77. The Bertz CT molecular complexity index is 397. The maximum atomic E-state index is 13.2. The largest absolute Gasteiger partial charge is 0.396 e. The van der Waals surface area contributed by atoms with Gasteiger partial charge in [0.25, 0.3) is 0 Å². The van der Waals surface area contributed by atoms with E-state index >= 15 is 0 Å². The Labute approximate surface area is 113 Å². The molecular weight excluding hydrogens is 248 g/mol. The highest BCUT2D eigenvalue weighted by Gasteiger charge is 2.25. The predicted molar refractivity (Wildman–Crippen MR) is 72.9 cm³/mol. The summed E-state index contributed by atoms with van der Waals surface area (Å²) in [4.78, 5) is 0. The highest BCUT2D eigenvalue weighted by molar-refractivity contribution is 5.20. The minimum atomic E-state index is -0.831. The Kier molecular flexibility index (Phi) is 5.88. The Morgan fingerprint density at radius 2 is 1.84 bits per heavy atom. The number of aliphatic hydroxyl groups excluding tert-OH is 1. The highest BCUT2D eigenvalue weighted by atomic mass is 19.2. The fraction of sp³-hybridized carbons (Fsp3) is 0.600. The van der Waals surface area contributed by atoms with E-state index < -0.39 is 11.6 Å². The van der Waals surface area contributed by atoms with Crippen molar-refractivity contribution in [2.75, 3.05) is 13.2 Å². The van der Waals surface area contributed by atoms with Crippen LogP contribution in [0.4, 0.5) is 8.78 Å². The van der Waals surface area contributed by atoms with Gasteiger partial charge in [0.1, 0.15) is 0 Å². The van der Waals surface area contributed by atoms with E-state index in [0.717, 1.165) is 18.9 Å². The molecule has 1 aromatic rings. The molecule has 2 nitrogen and oxygen atoms in total. The minimum Gasteiger partial charge on any atom is -0.396 e. The molecule has 1 rings (SSSR count). The van der Waals surface area contributed by atoms with Gasteiger partial charge in [0, 0.05) is 24.6 Å². The SMILES string of the molecule is CCC(CC)(CO)CNC(C)c1ccc(F)c(F)c1. The molecule has 0 saturated carbocycles. The minimum absolute atomic E-state index is 0.0841. The third-order valence-electron chi connectivity index (χ3n) is 4.06. The van der Waals surface area contributed by atoms with Crippen LogP contribution < -0.4 is 5.32 Å². The molecule has 19 heavy (non-hydrogen) atoms. The van der Waals surface area contributed by atoms with Gasteiger partial charge >= 0.3 is 0 Å². The average molecular weight is 271 g/mol. The second-order valence-corrected chi connectivity index (χ2v) is 5.14. The topological polar surface area (TPSA) is 32.3 Å². The lowest BCUT2D eigenvalue weighted by molar-refractivity contribution is 0.110. The van der Waals surface area contributed by atoms with Gasteiger partial charge in [-0.05, 0) is 37.5 Å². The molecule has 4 heteroatoms. The molecule has 0 bridgehead atoms. The van der Waals surface area contributed by atoms with Crippen LogP contribution >= 0.6 is 0 Å². The molecule has 0 aliphatic rings. The summed E-state index contributed by atoms with van der Waals surface area (Å²) in [6, 6.07) is 3.85. The van der Waals surface area contributed by atoms with Gasteiger partial charge in [-0.2, -0.15) is 0 Å².